The zero-order valence-corrected chi connectivity index (χ0v) is 17.7. The summed E-state index contributed by atoms with van der Waals surface area (Å²) in [5.41, 5.74) is 3.50. The van der Waals surface area contributed by atoms with Gasteiger partial charge in [0.05, 0.1) is 34.5 Å². The Bertz CT molecular complexity index is 970. The molecule has 0 fully saturated rings. The molecular formula is C22H25NO7. The highest BCUT2D eigenvalue weighted by atomic mass is 16.7. The van der Waals surface area contributed by atoms with Crippen molar-refractivity contribution in [3.8, 4) is 34.1 Å². The van der Waals surface area contributed by atoms with Crippen LogP contribution < -0.4 is 24.3 Å². The van der Waals surface area contributed by atoms with E-state index >= 15 is 0 Å². The number of carbonyl (C=O) groups is 2. The second-order valence-corrected chi connectivity index (χ2v) is 6.78. The van der Waals surface area contributed by atoms with Gasteiger partial charge in [0, 0.05) is 12.5 Å². The first-order chi connectivity index (χ1) is 14.4. The number of aryl methyl sites for hydroxylation is 1. The summed E-state index contributed by atoms with van der Waals surface area (Å²) in [6.45, 7) is 1.47. The third kappa shape index (κ3) is 3.98. The van der Waals surface area contributed by atoms with Crippen LogP contribution in [0.25, 0.3) is 11.1 Å². The lowest BCUT2D eigenvalue weighted by Gasteiger charge is -2.21. The Morgan fingerprint density at radius 1 is 1.00 bits per heavy atom. The summed E-state index contributed by atoms with van der Waals surface area (Å²) in [5, 5.41) is 2.99. The van der Waals surface area contributed by atoms with Gasteiger partial charge in [-0.2, -0.15) is 0 Å². The van der Waals surface area contributed by atoms with Crippen LogP contribution >= 0.6 is 0 Å². The number of hydrogen-bond donors (Lipinski definition) is 1. The van der Waals surface area contributed by atoms with Crippen molar-refractivity contribution < 1.29 is 33.3 Å². The third-order valence-corrected chi connectivity index (χ3v) is 5.03. The number of methoxy groups -OCH3 is 4. The van der Waals surface area contributed by atoms with Gasteiger partial charge in [-0.25, -0.2) is 4.79 Å². The lowest BCUT2D eigenvalue weighted by atomic mass is 9.93. The van der Waals surface area contributed by atoms with E-state index in [2.05, 4.69) is 10.1 Å². The first-order valence-electron chi connectivity index (χ1n) is 9.42. The first kappa shape index (κ1) is 21.3. The minimum absolute atomic E-state index is 0.154. The van der Waals surface area contributed by atoms with E-state index in [1.54, 1.807) is 33.5 Å². The molecule has 160 valence electrons. The van der Waals surface area contributed by atoms with Crippen LogP contribution in [0.3, 0.4) is 0 Å². The van der Waals surface area contributed by atoms with Crippen LogP contribution in [0.15, 0.2) is 24.3 Å². The average molecular weight is 415 g/mol. The van der Waals surface area contributed by atoms with Gasteiger partial charge in [-0.1, -0.05) is 6.07 Å². The number of amides is 1. The van der Waals surface area contributed by atoms with Gasteiger partial charge in [-0.15, -0.1) is 0 Å². The molecule has 30 heavy (non-hydrogen) atoms. The fraction of sp³-hybridized carbons (Fsp3) is 0.364. The summed E-state index contributed by atoms with van der Waals surface area (Å²) < 4.78 is 26.6. The average Bonchev–Trinajstić information content (AvgIpc) is 2.88. The van der Waals surface area contributed by atoms with Crippen molar-refractivity contribution in [2.24, 2.45) is 0 Å². The van der Waals surface area contributed by atoms with Gasteiger partial charge < -0.3 is 29.0 Å². The van der Waals surface area contributed by atoms with Crippen LogP contribution in [-0.2, 0) is 16.0 Å². The number of fused-ring (bicyclic) bond motifs is 3. The lowest BCUT2D eigenvalue weighted by Crippen LogP contribution is -2.26. The van der Waals surface area contributed by atoms with Crippen molar-refractivity contribution >= 4 is 12.1 Å². The first-order valence-corrected chi connectivity index (χ1v) is 9.42. The normalized spacial score (nSPS) is 14.5. The zero-order chi connectivity index (χ0) is 21.8. The molecular weight excluding hydrogens is 390 g/mol. The number of ether oxygens (including phenoxy) is 5. The molecule has 1 atom stereocenters. The lowest BCUT2D eigenvalue weighted by molar-refractivity contribution is -0.119. The Morgan fingerprint density at radius 2 is 1.73 bits per heavy atom. The maximum Gasteiger partial charge on any atom is 0.513 e. The molecule has 1 N–H and O–H groups in total. The second-order valence-electron chi connectivity index (χ2n) is 6.78. The van der Waals surface area contributed by atoms with E-state index in [9.17, 15) is 9.59 Å². The van der Waals surface area contributed by atoms with E-state index in [4.69, 9.17) is 18.9 Å². The fourth-order valence-corrected chi connectivity index (χ4v) is 3.81. The highest BCUT2D eigenvalue weighted by Gasteiger charge is 2.29. The molecule has 8 nitrogen and oxygen atoms in total. The number of rotatable bonds is 5. The highest BCUT2D eigenvalue weighted by Crippen LogP contribution is 2.50. The van der Waals surface area contributed by atoms with Crippen LogP contribution in [0.4, 0.5) is 4.79 Å². The predicted octanol–water partition coefficient (Wildman–Crippen LogP) is 3.65. The fourth-order valence-electron chi connectivity index (χ4n) is 3.81. The molecule has 1 aliphatic rings. The summed E-state index contributed by atoms with van der Waals surface area (Å²) in [5.74, 6) is 1.76. The van der Waals surface area contributed by atoms with Crippen molar-refractivity contribution in [1.29, 1.82) is 0 Å². The molecule has 0 saturated carbocycles. The van der Waals surface area contributed by atoms with Crippen LogP contribution in [0, 0.1) is 0 Å². The van der Waals surface area contributed by atoms with Crippen molar-refractivity contribution in [3.63, 3.8) is 0 Å². The smallest absolute Gasteiger partial charge is 0.493 e. The number of hydrogen-bond acceptors (Lipinski definition) is 7. The zero-order valence-electron chi connectivity index (χ0n) is 17.7. The second kappa shape index (κ2) is 8.94. The van der Waals surface area contributed by atoms with Crippen molar-refractivity contribution in [3.05, 3.63) is 35.4 Å². The summed E-state index contributed by atoms with van der Waals surface area (Å²) >= 11 is 0. The van der Waals surface area contributed by atoms with Crippen LogP contribution in [0.2, 0.25) is 0 Å². The van der Waals surface area contributed by atoms with Gasteiger partial charge in [0.15, 0.2) is 11.5 Å². The van der Waals surface area contributed by atoms with Gasteiger partial charge in [-0.05, 0) is 47.7 Å². The SMILES string of the molecule is COC(=O)Oc1ccc2c(c1)[C@@H](NC(C)=O)CCc1cc(OC)c(OC)c(OC)c1-2. The van der Waals surface area contributed by atoms with Gasteiger partial charge in [0.25, 0.3) is 0 Å². The van der Waals surface area contributed by atoms with Crippen LogP contribution in [0.5, 0.6) is 23.0 Å². The summed E-state index contributed by atoms with van der Waals surface area (Å²) in [6, 6.07) is 6.88. The largest absolute Gasteiger partial charge is 0.513 e. The minimum Gasteiger partial charge on any atom is -0.493 e. The maximum absolute atomic E-state index is 11.9. The highest BCUT2D eigenvalue weighted by molar-refractivity contribution is 5.84. The number of nitrogens with one attached hydrogen (secondary N) is 1. The molecule has 2 aromatic carbocycles. The monoisotopic (exact) mass is 415 g/mol. The summed E-state index contributed by atoms with van der Waals surface area (Å²) in [4.78, 5) is 23.4. The molecule has 0 aromatic heterocycles. The summed E-state index contributed by atoms with van der Waals surface area (Å²) in [7, 11) is 5.94. The Balaban J connectivity index is 2.25. The van der Waals surface area contributed by atoms with E-state index < -0.39 is 6.16 Å². The Hall–Kier alpha value is -3.42. The molecule has 0 radical (unpaired) electrons. The van der Waals surface area contributed by atoms with E-state index in [0.717, 1.165) is 22.3 Å². The van der Waals surface area contributed by atoms with Crippen LogP contribution in [0.1, 0.15) is 30.5 Å². The molecule has 8 heteroatoms. The maximum atomic E-state index is 11.9. The van der Waals surface area contributed by atoms with Gasteiger partial charge in [0.2, 0.25) is 11.7 Å². The van der Waals surface area contributed by atoms with Gasteiger partial charge in [-0.3, -0.25) is 4.79 Å². The van der Waals surface area contributed by atoms with E-state index in [-0.39, 0.29) is 11.9 Å². The topological polar surface area (TPSA) is 92.3 Å². The van der Waals surface area contributed by atoms with E-state index in [1.807, 2.05) is 12.1 Å². The quantitative estimate of drug-likeness (QED) is 0.589. The molecule has 1 amide bonds. The molecule has 3 rings (SSSR count). The minimum atomic E-state index is -0.816. The molecule has 0 unspecified atom stereocenters. The Kier molecular flexibility index (Phi) is 6.34. The van der Waals surface area contributed by atoms with Gasteiger partial charge in [0.1, 0.15) is 5.75 Å². The number of carbonyl (C=O) groups excluding carboxylic acids is 2. The van der Waals surface area contributed by atoms with E-state index in [1.165, 1.54) is 14.0 Å². The third-order valence-electron chi connectivity index (χ3n) is 5.03. The van der Waals surface area contributed by atoms with Crippen molar-refractivity contribution in [2.45, 2.75) is 25.8 Å². The standard InChI is InChI=1S/C22H25NO7/c1-12(24)23-17-9-6-13-10-18(26-2)20(27-3)21(28-4)19(13)15-8-7-14(11-16(15)17)30-22(25)29-5/h7-8,10-11,17H,6,9H2,1-5H3,(H,23,24)/t17-/m0/s1. The molecule has 0 saturated heterocycles. The molecule has 1 aliphatic carbocycles. The summed E-state index contributed by atoms with van der Waals surface area (Å²) in [6.07, 6.45) is 0.489. The predicted molar refractivity (Wildman–Crippen MR) is 109 cm³/mol. The Labute approximate surface area is 175 Å². The van der Waals surface area contributed by atoms with Gasteiger partial charge >= 0.3 is 6.16 Å². The Morgan fingerprint density at radius 3 is 2.33 bits per heavy atom. The molecule has 0 aliphatic heterocycles. The van der Waals surface area contributed by atoms with Crippen LogP contribution in [-0.4, -0.2) is 40.5 Å². The molecule has 0 bridgehead atoms. The molecule has 2 aromatic rings. The molecule has 0 spiro atoms. The van der Waals surface area contributed by atoms with Crippen molar-refractivity contribution in [2.75, 3.05) is 28.4 Å². The van der Waals surface area contributed by atoms with Crippen molar-refractivity contribution in [1.82, 2.24) is 5.32 Å². The van der Waals surface area contributed by atoms with E-state index in [0.29, 0.717) is 35.8 Å². The molecule has 0 heterocycles. The number of benzene rings is 2.